The van der Waals surface area contributed by atoms with Crippen molar-refractivity contribution in [1.82, 2.24) is 0 Å². The molecule has 5 heteroatoms. The summed E-state index contributed by atoms with van der Waals surface area (Å²) in [6.45, 7) is 1.98. The second-order valence-electron chi connectivity index (χ2n) is 4.87. The minimum atomic E-state index is -0.450. The molecule has 0 amide bonds. The Morgan fingerprint density at radius 1 is 1.05 bits per heavy atom. The van der Waals surface area contributed by atoms with Gasteiger partial charge in [-0.3, -0.25) is 10.1 Å². The van der Waals surface area contributed by atoms with E-state index in [1.54, 1.807) is 18.2 Å². The summed E-state index contributed by atoms with van der Waals surface area (Å²) in [7, 11) is 0. The van der Waals surface area contributed by atoms with Gasteiger partial charge in [0.15, 0.2) is 0 Å². The highest BCUT2D eigenvalue weighted by Gasteiger charge is 2.13. The van der Waals surface area contributed by atoms with Crippen molar-refractivity contribution < 1.29 is 14.1 Å². The van der Waals surface area contributed by atoms with E-state index in [4.69, 9.17) is 9.15 Å². The highest BCUT2D eigenvalue weighted by molar-refractivity contribution is 5.64. The van der Waals surface area contributed by atoms with Gasteiger partial charge in [0.1, 0.15) is 17.3 Å². The van der Waals surface area contributed by atoms with E-state index in [1.807, 2.05) is 31.2 Å². The van der Waals surface area contributed by atoms with Crippen molar-refractivity contribution in [1.29, 1.82) is 0 Å². The third-order valence-electron chi connectivity index (χ3n) is 3.16. The van der Waals surface area contributed by atoms with Crippen molar-refractivity contribution in [3.8, 4) is 22.8 Å². The molecule has 3 aromatic rings. The van der Waals surface area contributed by atoms with Gasteiger partial charge in [-0.1, -0.05) is 17.7 Å². The Bertz CT molecular complexity index is 792. The summed E-state index contributed by atoms with van der Waals surface area (Å²) in [5.74, 6) is 1.57. The van der Waals surface area contributed by atoms with Crippen LogP contribution in [0, 0.1) is 17.0 Å². The molecule has 0 aliphatic heterocycles. The normalized spacial score (nSPS) is 10.4. The number of non-ortho nitro benzene ring substituents is 1. The monoisotopic (exact) mass is 295 g/mol. The number of nitro groups is 1. The van der Waals surface area contributed by atoms with Crippen LogP contribution in [0.25, 0.3) is 11.3 Å². The van der Waals surface area contributed by atoms with E-state index in [2.05, 4.69) is 0 Å². The van der Waals surface area contributed by atoms with Gasteiger partial charge in [0.2, 0.25) is 0 Å². The molecule has 0 N–H and O–H groups in total. The lowest BCUT2D eigenvalue weighted by molar-refractivity contribution is -0.384. The number of ether oxygens (including phenoxy) is 1. The summed E-state index contributed by atoms with van der Waals surface area (Å²) in [6, 6.07) is 15.5. The number of nitrogens with zero attached hydrogens (tertiary/aromatic N) is 1. The summed E-state index contributed by atoms with van der Waals surface area (Å²) in [6.07, 6.45) is 1.52. The molecular weight excluding hydrogens is 282 g/mol. The summed E-state index contributed by atoms with van der Waals surface area (Å²) in [5, 5.41) is 11.1. The van der Waals surface area contributed by atoms with Crippen molar-refractivity contribution in [3.05, 3.63) is 76.5 Å². The lowest BCUT2D eigenvalue weighted by Gasteiger charge is -2.07. The van der Waals surface area contributed by atoms with Crippen LogP contribution in [-0.2, 0) is 0 Å². The summed E-state index contributed by atoms with van der Waals surface area (Å²) >= 11 is 0. The number of hydrogen-bond acceptors (Lipinski definition) is 4. The van der Waals surface area contributed by atoms with Gasteiger partial charge in [0.25, 0.3) is 5.69 Å². The molecule has 110 valence electrons. The first-order valence-electron chi connectivity index (χ1n) is 6.70. The first kappa shape index (κ1) is 13.9. The molecule has 0 unspecified atom stereocenters. The van der Waals surface area contributed by atoms with E-state index in [0.717, 1.165) is 5.56 Å². The van der Waals surface area contributed by atoms with Gasteiger partial charge in [-0.15, -0.1) is 0 Å². The van der Waals surface area contributed by atoms with Crippen molar-refractivity contribution >= 4 is 5.69 Å². The lowest BCUT2D eigenvalue weighted by Crippen LogP contribution is -1.91. The Kier molecular flexibility index (Phi) is 3.62. The number of hydrogen-bond donors (Lipinski definition) is 0. The Morgan fingerprint density at radius 2 is 1.82 bits per heavy atom. The largest absolute Gasteiger partial charge is 0.464 e. The van der Waals surface area contributed by atoms with E-state index < -0.39 is 4.92 Å². The molecule has 0 aliphatic rings. The maximum Gasteiger partial charge on any atom is 0.273 e. The smallest absolute Gasteiger partial charge is 0.273 e. The molecule has 0 spiro atoms. The fraction of sp³-hybridized carbons (Fsp3) is 0.0588. The molecule has 0 atom stereocenters. The maximum atomic E-state index is 11.1. The lowest BCUT2D eigenvalue weighted by atomic mass is 10.1. The molecule has 0 radical (unpaired) electrons. The van der Waals surface area contributed by atoms with E-state index >= 15 is 0 Å². The Balaban J connectivity index is 1.99. The van der Waals surface area contributed by atoms with Crippen LogP contribution in [-0.4, -0.2) is 4.92 Å². The number of benzene rings is 2. The van der Waals surface area contributed by atoms with Gasteiger partial charge in [0, 0.05) is 11.6 Å². The van der Waals surface area contributed by atoms with Crippen molar-refractivity contribution in [2.75, 3.05) is 0 Å². The van der Waals surface area contributed by atoms with E-state index in [0.29, 0.717) is 22.8 Å². The summed E-state index contributed by atoms with van der Waals surface area (Å²) in [4.78, 5) is 10.6. The maximum absolute atomic E-state index is 11.1. The standard InChI is InChI=1S/C17H13NO4/c1-12-4-6-15(7-5-12)22-16-10-13(17-3-2-8-21-17)9-14(11-16)18(19)20/h2-11H,1H3. The van der Waals surface area contributed by atoms with Crippen LogP contribution >= 0.6 is 0 Å². The van der Waals surface area contributed by atoms with Crippen molar-refractivity contribution in [2.45, 2.75) is 6.92 Å². The molecule has 0 saturated heterocycles. The van der Waals surface area contributed by atoms with E-state index in [9.17, 15) is 10.1 Å². The Labute approximate surface area is 126 Å². The van der Waals surface area contributed by atoms with E-state index in [1.165, 1.54) is 18.4 Å². The van der Waals surface area contributed by atoms with Crippen LogP contribution in [0.2, 0.25) is 0 Å². The molecule has 0 bridgehead atoms. The first-order valence-corrected chi connectivity index (χ1v) is 6.70. The molecule has 3 rings (SSSR count). The predicted octanol–water partition coefficient (Wildman–Crippen LogP) is 4.96. The minimum Gasteiger partial charge on any atom is -0.464 e. The zero-order valence-electron chi connectivity index (χ0n) is 11.9. The van der Waals surface area contributed by atoms with Crippen LogP contribution < -0.4 is 4.74 Å². The zero-order valence-corrected chi connectivity index (χ0v) is 11.9. The van der Waals surface area contributed by atoms with Gasteiger partial charge in [-0.2, -0.15) is 0 Å². The van der Waals surface area contributed by atoms with Gasteiger partial charge >= 0.3 is 0 Å². The fourth-order valence-electron chi connectivity index (χ4n) is 2.08. The SMILES string of the molecule is Cc1ccc(Oc2cc(-c3ccco3)cc([N+](=O)[O-])c2)cc1. The second kappa shape index (κ2) is 5.73. The second-order valence-corrected chi connectivity index (χ2v) is 4.87. The molecule has 0 saturated carbocycles. The highest BCUT2D eigenvalue weighted by atomic mass is 16.6. The third-order valence-corrected chi connectivity index (χ3v) is 3.16. The van der Waals surface area contributed by atoms with Crippen molar-refractivity contribution in [2.24, 2.45) is 0 Å². The Hall–Kier alpha value is -3.08. The molecular formula is C17H13NO4. The topological polar surface area (TPSA) is 65.5 Å². The molecule has 1 heterocycles. The van der Waals surface area contributed by atoms with Gasteiger partial charge < -0.3 is 9.15 Å². The van der Waals surface area contributed by atoms with Gasteiger partial charge in [-0.05, 0) is 37.3 Å². The predicted molar refractivity (Wildman–Crippen MR) is 82.1 cm³/mol. The number of nitro benzene ring substituents is 1. The highest BCUT2D eigenvalue weighted by Crippen LogP contribution is 2.32. The van der Waals surface area contributed by atoms with Crippen LogP contribution in [0.1, 0.15) is 5.56 Å². The quantitative estimate of drug-likeness (QED) is 0.504. The first-order chi connectivity index (χ1) is 10.6. The molecule has 1 aromatic heterocycles. The molecule has 5 nitrogen and oxygen atoms in total. The molecule has 0 aliphatic carbocycles. The average Bonchev–Trinajstić information content (AvgIpc) is 3.04. The van der Waals surface area contributed by atoms with Crippen LogP contribution in [0.15, 0.2) is 65.3 Å². The number of rotatable bonds is 4. The Morgan fingerprint density at radius 3 is 2.45 bits per heavy atom. The van der Waals surface area contributed by atoms with Gasteiger partial charge in [-0.25, -0.2) is 0 Å². The fourth-order valence-corrected chi connectivity index (χ4v) is 2.08. The van der Waals surface area contributed by atoms with Crippen LogP contribution in [0.4, 0.5) is 5.69 Å². The molecule has 0 fully saturated rings. The third kappa shape index (κ3) is 2.98. The molecule has 2 aromatic carbocycles. The minimum absolute atomic E-state index is 0.0454. The summed E-state index contributed by atoms with van der Waals surface area (Å²) in [5.41, 5.74) is 1.67. The van der Waals surface area contributed by atoms with Gasteiger partial charge in [0.05, 0.1) is 17.3 Å². The average molecular weight is 295 g/mol. The van der Waals surface area contributed by atoms with Crippen LogP contribution in [0.3, 0.4) is 0 Å². The van der Waals surface area contributed by atoms with Crippen LogP contribution in [0.5, 0.6) is 11.5 Å². The van der Waals surface area contributed by atoms with E-state index in [-0.39, 0.29) is 5.69 Å². The summed E-state index contributed by atoms with van der Waals surface area (Å²) < 4.78 is 11.0. The molecule has 22 heavy (non-hydrogen) atoms. The number of furan rings is 1. The number of aryl methyl sites for hydroxylation is 1. The zero-order chi connectivity index (χ0) is 15.5. The van der Waals surface area contributed by atoms with Crippen molar-refractivity contribution in [3.63, 3.8) is 0 Å².